The van der Waals surface area contributed by atoms with Gasteiger partial charge in [0, 0.05) is 29.9 Å². The fraction of sp³-hybridized carbons (Fsp3) is 0.609. The van der Waals surface area contributed by atoms with Gasteiger partial charge in [-0.25, -0.2) is 9.59 Å². The Hall–Kier alpha value is -3.34. The van der Waals surface area contributed by atoms with E-state index in [-0.39, 0.29) is 29.7 Å². The molecule has 5 heteroatoms. The Balaban J connectivity index is 0.945. The molecule has 3 fully saturated rings. The van der Waals surface area contributed by atoms with Crippen molar-refractivity contribution in [3.05, 3.63) is 87.3 Å². The van der Waals surface area contributed by atoms with Gasteiger partial charge in [-0.3, -0.25) is 0 Å². The lowest BCUT2D eigenvalue weighted by atomic mass is 9.47. The largest absolute Gasteiger partial charge is 0.482 e. The molecule has 5 nitrogen and oxygen atoms in total. The summed E-state index contributed by atoms with van der Waals surface area (Å²) in [5.74, 6) is 5.04. The van der Waals surface area contributed by atoms with Crippen molar-refractivity contribution < 1.29 is 18.7 Å². The zero-order valence-corrected chi connectivity index (χ0v) is 32.0. The summed E-state index contributed by atoms with van der Waals surface area (Å²) in [4.78, 5) is 26.0. The molecule has 274 valence electrons. The molecule has 4 aliphatic rings. The molecule has 8 atom stereocenters. The fourth-order valence-electron chi connectivity index (χ4n) is 11.6. The van der Waals surface area contributed by atoms with E-state index < -0.39 is 0 Å². The van der Waals surface area contributed by atoms with Gasteiger partial charge < -0.3 is 13.9 Å². The predicted molar refractivity (Wildman–Crippen MR) is 205 cm³/mol. The van der Waals surface area contributed by atoms with Crippen LogP contribution in [-0.2, 0) is 16.0 Å². The average molecular weight is 693 g/mol. The van der Waals surface area contributed by atoms with Crippen LogP contribution in [0.4, 0.5) is 0 Å². The Morgan fingerprint density at radius 2 is 1.76 bits per heavy atom. The standard InChI is InChI=1S/C46H60O5/c1-29(2)11-10-12-30(3)39-19-20-40-37-17-15-33-26-35(21-23-45(33,5)41(37)22-24-46(39,40)6)50-43(47)28-49-34-16-18-36-31(4)38(44(48)51-42(36)27-34)25-32-13-8-7-9-14-32/h7-9,13-16,18,27,29-30,35,37,39-41H,10-12,17,19-26,28H2,1-6H3/t30-,35+,37+,39-,40+,41-,45+,46-/m1/s1. The van der Waals surface area contributed by atoms with Crippen LogP contribution in [0.2, 0.25) is 0 Å². The molecule has 4 aliphatic carbocycles. The van der Waals surface area contributed by atoms with Crippen LogP contribution in [0.15, 0.2) is 69.4 Å². The van der Waals surface area contributed by atoms with Gasteiger partial charge in [0.15, 0.2) is 6.61 Å². The zero-order valence-electron chi connectivity index (χ0n) is 32.0. The third kappa shape index (κ3) is 7.08. The molecule has 0 radical (unpaired) electrons. The van der Waals surface area contributed by atoms with Gasteiger partial charge in [-0.15, -0.1) is 0 Å². The van der Waals surface area contributed by atoms with E-state index in [1.807, 2.05) is 49.4 Å². The first-order valence-electron chi connectivity index (χ1n) is 20.1. The smallest absolute Gasteiger partial charge is 0.344 e. The van der Waals surface area contributed by atoms with Gasteiger partial charge in [0.05, 0.1) is 0 Å². The van der Waals surface area contributed by atoms with Crippen LogP contribution in [-0.4, -0.2) is 18.7 Å². The van der Waals surface area contributed by atoms with Gasteiger partial charge in [-0.05, 0) is 121 Å². The molecule has 0 bridgehead atoms. The van der Waals surface area contributed by atoms with Crippen molar-refractivity contribution in [1.29, 1.82) is 0 Å². The predicted octanol–water partition coefficient (Wildman–Crippen LogP) is 11.0. The summed E-state index contributed by atoms with van der Waals surface area (Å²) in [7, 11) is 0. The number of hydrogen-bond acceptors (Lipinski definition) is 5. The Bertz CT molecular complexity index is 1800. The maximum absolute atomic E-state index is 13.0. The summed E-state index contributed by atoms with van der Waals surface area (Å²) >= 11 is 0. The van der Waals surface area contributed by atoms with Crippen LogP contribution in [0, 0.1) is 53.3 Å². The minimum Gasteiger partial charge on any atom is -0.482 e. The molecule has 51 heavy (non-hydrogen) atoms. The Kier molecular flexibility index (Phi) is 10.3. The minimum absolute atomic E-state index is 0.103. The maximum Gasteiger partial charge on any atom is 0.344 e. The number of carbonyl (C=O) groups is 1. The molecule has 0 N–H and O–H groups in total. The van der Waals surface area contributed by atoms with E-state index in [4.69, 9.17) is 13.9 Å². The molecular weight excluding hydrogens is 633 g/mol. The van der Waals surface area contributed by atoms with Gasteiger partial charge in [-0.2, -0.15) is 0 Å². The van der Waals surface area contributed by atoms with E-state index in [0.717, 1.165) is 71.3 Å². The lowest BCUT2D eigenvalue weighted by Gasteiger charge is -2.58. The van der Waals surface area contributed by atoms with Crippen molar-refractivity contribution in [3.8, 4) is 5.75 Å². The average Bonchev–Trinajstić information content (AvgIpc) is 3.47. The minimum atomic E-state index is -0.346. The molecule has 0 saturated heterocycles. The van der Waals surface area contributed by atoms with E-state index in [9.17, 15) is 9.59 Å². The maximum atomic E-state index is 13.0. The summed E-state index contributed by atoms with van der Waals surface area (Å²) in [5, 5.41) is 0.866. The van der Waals surface area contributed by atoms with Gasteiger partial charge in [-0.1, -0.05) is 95.9 Å². The van der Waals surface area contributed by atoms with Crippen molar-refractivity contribution in [2.75, 3.05) is 6.61 Å². The van der Waals surface area contributed by atoms with Crippen LogP contribution in [0.25, 0.3) is 11.0 Å². The summed E-state index contributed by atoms with van der Waals surface area (Å²) < 4.78 is 17.6. The number of aryl methyl sites for hydroxylation is 1. The fourth-order valence-corrected chi connectivity index (χ4v) is 11.6. The molecule has 0 amide bonds. The summed E-state index contributed by atoms with van der Waals surface area (Å²) in [6, 6.07) is 15.4. The van der Waals surface area contributed by atoms with Crippen LogP contribution >= 0.6 is 0 Å². The number of benzene rings is 2. The first kappa shape index (κ1) is 36.0. The first-order valence-corrected chi connectivity index (χ1v) is 20.1. The number of fused-ring (bicyclic) bond motifs is 6. The molecule has 7 rings (SSSR count). The van der Waals surface area contributed by atoms with Crippen molar-refractivity contribution >= 4 is 16.9 Å². The molecule has 3 aromatic rings. The summed E-state index contributed by atoms with van der Waals surface area (Å²) in [6.07, 6.45) is 16.7. The monoisotopic (exact) mass is 692 g/mol. The van der Waals surface area contributed by atoms with Gasteiger partial charge in [0.1, 0.15) is 17.4 Å². The van der Waals surface area contributed by atoms with Crippen LogP contribution in [0.3, 0.4) is 0 Å². The van der Waals surface area contributed by atoms with E-state index >= 15 is 0 Å². The topological polar surface area (TPSA) is 65.7 Å². The van der Waals surface area contributed by atoms with E-state index in [1.165, 1.54) is 56.9 Å². The molecule has 0 aliphatic heterocycles. The van der Waals surface area contributed by atoms with E-state index in [1.54, 1.807) is 6.07 Å². The molecule has 2 aromatic carbocycles. The summed E-state index contributed by atoms with van der Waals surface area (Å²) in [5.41, 5.74) is 4.98. The second-order valence-corrected chi connectivity index (χ2v) is 17.7. The number of esters is 1. The highest BCUT2D eigenvalue weighted by Gasteiger charge is 2.59. The van der Waals surface area contributed by atoms with Crippen LogP contribution in [0.5, 0.6) is 5.75 Å². The van der Waals surface area contributed by atoms with Crippen LogP contribution < -0.4 is 10.4 Å². The van der Waals surface area contributed by atoms with Crippen molar-refractivity contribution in [1.82, 2.24) is 0 Å². The van der Waals surface area contributed by atoms with Gasteiger partial charge >= 0.3 is 11.6 Å². The van der Waals surface area contributed by atoms with Crippen molar-refractivity contribution in [2.24, 2.45) is 46.3 Å². The highest BCUT2D eigenvalue weighted by molar-refractivity contribution is 5.82. The number of rotatable bonds is 11. The SMILES string of the molecule is Cc1c(Cc2ccccc2)c(=O)oc2cc(OCC(=O)O[C@H]3CC[C@@]4(C)C(=CC[C@@H]5[C@H]4CC[C@]4(C)[C@@H]([C@H](C)CCCC(C)C)CC[C@@H]54)C3)ccc12. The second-order valence-electron chi connectivity index (χ2n) is 17.7. The number of ether oxygens (including phenoxy) is 2. The Morgan fingerprint density at radius 3 is 2.55 bits per heavy atom. The van der Waals surface area contributed by atoms with Crippen LogP contribution in [0.1, 0.15) is 122 Å². The lowest BCUT2D eigenvalue weighted by Crippen LogP contribution is -2.51. The van der Waals surface area contributed by atoms with Gasteiger partial charge in [0.25, 0.3) is 0 Å². The normalized spacial score (nSPS) is 30.6. The molecule has 1 heterocycles. The van der Waals surface area contributed by atoms with Gasteiger partial charge in [0.2, 0.25) is 0 Å². The highest BCUT2D eigenvalue weighted by Crippen LogP contribution is 2.67. The van der Waals surface area contributed by atoms with E-state index in [2.05, 4.69) is 40.7 Å². The first-order chi connectivity index (χ1) is 24.5. The molecule has 1 aromatic heterocycles. The number of hydrogen-bond donors (Lipinski definition) is 0. The third-order valence-electron chi connectivity index (χ3n) is 14.4. The lowest BCUT2D eigenvalue weighted by molar-refractivity contribution is -0.153. The molecular formula is C46H60O5. The molecule has 0 spiro atoms. The number of carbonyl (C=O) groups excluding carboxylic acids is 1. The molecule has 3 saturated carbocycles. The van der Waals surface area contributed by atoms with Crippen molar-refractivity contribution in [2.45, 2.75) is 125 Å². The quantitative estimate of drug-likeness (QED) is 0.114. The zero-order chi connectivity index (χ0) is 35.9. The van der Waals surface area contributed by atoms with E-state index in [0.29, 0.717) is 28.7 Å². The summed E-state index contributed by atoms with van der Waals surface area (Å²) in [6.45, 7) is 14.3. The van der Waals surface area contributed by atoms with Crippen molar-refractivity contribution in [3.63, 3.8) is 0 Å². The highest BCUT2D eigenvalue weighted by atomic mass is 16.6. The molecule has 0 unspecified atom stereocenters. The number of allylic oxidation sites excluding steroid dienone is 1. The second kappa shape index (κ2) is 14.6. The Labute approximate surface area is 305 Å². The Morgan fingerprint density at radius 1 is 0.961 bits per heavy atom. The third-order valence-corrected chi connectivity index (χ3v) is 14.4.